The molecule has 0 saturated heterocycles. The quantitative estimate of drug-likeness (QED) is 0.593. The second kappa shape index (κ2) is 6.85. The van der Waals surface area contributed by atoms with Crippen molar-refractivity contribution in [2.75, 3.05) is 19.0 Å². The Kier molecular flexibility index (Phi) is 4.37. The Bertz CT molecular complexity index is 1190. The van der Waals surface area contributed by atoms with Crippen LogP contribution in [0.25, 0.3) is 16.0 Å². The average molecular weight is 378 g/mol. The zero-order valence-electron chi connectivity index (χ0n) is 15.0. The summed E-state index contributed by atoms with van der Waals surface area (Å²) in [6.07, 6.45) is 0. The van der Waals surface area contributed by atoms with E-state index < -0.39 is 0 Å². The summed E-state index contributed by atoms with van der Waals surface area (Å²) in [6.45, 7) is 0.398. The first kappa shape index (κ1) is 17.2. The number of fused-ring (bicyclic) bond motifs is 3. The number of anilines is 1. The summed E-state index contributed by atoms with van der Waals surface area (Å²) in [7, 11) is 3.96. The van der Waals surface area contributed by atoms with Gasteiger partial charge in [0.2, 0.25) is 0 Å². The average Bonchev–Trinajstić information content (AvgIpc) is 3.05. The zero-order valence-corrected chi connectivity index (χ0v) is 15.8. The van der Waals surface area contributed by atoms with Gasteiger partial charge < -0.3 is 10.2 Å². The van der Waals surface area contributed by atoms with Gasteiger partial charge in [-0.05, 0) is 29.8 Å². The molecule has 4 aromatic rings. The number of hydrogen-bond donors (Lipinski definition) is 1. The number of para-hydroxylation sites is 2. The molecule has 0 unspecified atom stereocenters. The van der Waals surface area contributed by atoms with Gasteiger partial charge in [0.25, 0.3) is 11.5 Å². The van der Waals surface area contributed by atoms with Gasteiger partial charge in [-0.2, -0.15) is 0 Å². The SMILES string of the molecule is CN(C)c1ccc(CNC(=O)c2cc(=O)n3c(nc4ccccc43)s2)cc1. The maximum absolute atomic E-state index is 12.5. The van der Waals surface area contributed by atoms with Gasteiger partial charge in [0.15, 0.2) is 4.96 Å². The van der Waals surface area contributed by atoms with E-state index in [2.05, 4.69) is 10.3 Å². The number of amides is 1. The third-order valence-electron chi connectivity index (χ3n) is 4.34. The van der Waals surface area contributed by atoms with Crippen molar-refractivity contribution in [3.63, 3.8) is 0 Å². The Hall–Kier alpha value is -3.19. The molecule has 2 aromatic carbocycles. The molecular formula is C20H18N4O2S. The molecule has 136 valence electrons. The topological polar surface area (TPSA) is 66.7 Å². The molecule has 4 rings (SSSR count). The van der Waals surface area contributed by atoms with Gasteiger partial charge in [-0.15, -0.1) is 0 Å². The van der Waals surface area contributed by atoms with Gasteiger partial charge in [-0.1, -0.05) is 35.6 Å². The minimum Gasteiger partial charge on any atom is -0.378 e. The first-order valence-electron chi connectivity index (χ1n) is 8.49. The molecule has 6 nitrogen and oxygen atoms in total. The summed E-state index contributed by atoms with van der Waals surface area (Å²) < 4.78 is 1.54. The van der Waals surface area contributed by atoms with Crippen molar-refractivity contribution in [3.8, 4) is 0 Å². The fraction of sp³-hybridized carbons (Fsp3) is 0.150. The minimum atomic E-state index is -0.275. The van der Waals surface area contributed by atoms with E-state index in [9.17, 15) is 9.59 Å². The second-order valence-electron chi connectivity index (χ2n) is 6.41. The predicted octanol–water partition coefficient (Wildman–Crippen LogP) is 2.91. The lowest BCUT2D eigenvalue weighted by molar-refractivity contribution is 0.0954. The lowest BCUT2D eigenvalue weighted by atomic mass is 10.2. The second-order valence-corrected chi connectivity index (χ2v) is 7.42. The van der Waals surface area contributed by atoms with E-state index in [4.69, 9.17) is 0 Å². The Labute approximate surface area is 159 Å². The van der Waals surface area contributed by atoms with Gasteiger partial charge in [0.05, 0.1) is 11.0 Å². The smallest absolute Gasteiger partial charge is 0.261 e. The Balaban J connectivity index is 1.57. The molecule has 27 heavy (non-hydrogen) atoms. The maximum atomic E-state index is 12.5. The number of benzene rings is 2. The van der Waals surface area contributed by atoms with Crippen molar-refractivity contribution in [1.82, 2.24) is 14.7 Å². The van der Waals surface area contributed by atoms with Crippen LogP contribution in [0.1, 0.15) is 15.2 Å². The van der Waals surface area contributed by atoms with E-state index in [-0.39, 0.29) is 11.5 Å². The fourth-order valence-corrected chi connectivity index (χ4v) is 3.83. The van der Waals surface area contributed by atoms with E-state index in [1.807, 2.05) is 67.5 Å². The number of carbonyl (C=O) groups is 1. The molecule has 0 atom stereocenters. The zero-order chi connectivity index (χ0) is 19.0. The molecule has 0 fully saturated rings. The molecule has 1 amide bonds. The Morgan fingerprint density at radius 3 is 2.63 bits per heavy atom. The molecule has 2 heterocycles. The number of nitrogens with one attached hydrogen (secondary N) is 1. The molecule has 2 aromatic heterocycles. The Morgan fingerprint density at radius 1 is 1.15 bits per heavy atom. The molecule has 0 spiro atoms. The first-order chi connectivity index (χ1) is 13.0. The third kappa shape index (κ3) is 3.29. The third-order valence-corrected chi connectivity index (χ3v) is 5.32. The van der Waals surface area contributed by atoms with Crippen molar-refractivity contribution in [2.24, 2.45) is 0 Å². The minimum absolute atomic E-state index is 0.252. The monoisotopic (exact) mass is 378 g/mol. The van der Waals surface area contributed by atoms with Gasteiger partial charge in [0, 0.05) is 32.4 Å². The maximum Gasteiger partial charge on any atom is 0.261 e. The summed E-state index contributed by atoms with van der Waals surface area (Å²) in [4.78, 5) is 32.4. The van der Waals surface area contributed by atoms with Crippen LogP contribution in [0.5, 0.6) is 0 Å². The van der Waals surface area contributed by atoms with Gasteiger partial charge in [-0.3, -0.25) is 14.0 Å². The summed E-state index contributed by atoms with van der Waals surface area (Å²) >= 11 is 1.21. The van der Waals surface area contributed by atoms with Gasteiger partial charge in [0.1, 0.15) is 4.88 Å². The number of carbonyl (C=O) groups excluding carboxylic acids is 1. The molecule has 0 bridgehead atoms. The van der Waals surface area contributed by atoms with Crippen LogP contribution in [0.3, 0.4) is 0 Å². The van der Waals surface area contributed by atoms with Crippen LogP contribution in [0.2, 0.25) is 0 Å². The lowest BCUT2D eigenvalue weighted by Crippen LogP contribution is -2.24. The lowest BCUT2D eigenvalue weighted by Gasteiger charge is -2.12. The van der Waals surface area contributed by atoms with Crippen molar-refractivity contribution in [1.29, 1.82) is 0 Å². The molecule has 0 radical (unpaired) electrons. The van der Waals surface area contributed by atoms with Gasteiger partial charge in [-0.25, -0.2) is 4.98 Å². The van der Waals surface area contributed by atoms with Crippen LogP contribution in [0.4, 0.5) is 5.69 Å². The normalized spacial score (nSPS) is 11.0. The van der Waals surface area contributed by atoms with E-state index in [0.717, 1.165) is 22.3 Å². The largest absolute Gasteiger partial charge is 0.378 e. The van der Waals surface area contributed by atoms with Crippen molar-refractivity contribution < 1.29 is 4.79 Å². The number of rotatable bonds is 4. The van der Waals surface area contributed by atoms with E-state index >= 15 is 0 Å². The van der Waals surface area contributed by atoms with Gasteiger partial charge >= 0.3 is 0 Å². The first-order valence-corrected chi connectivity index (χ1v) is 9.30. The summed E-state index contributed by atoms with van der Waals surface area (Å²) in [5.41, 5.74) is 3.33. The van der Waals surface area contributed by atoms with E-state index in [1.165, 1.54) is 21.8 Å². The number of imidazole rings is 1. The number of hydrogen-bond acceptors (Lipinski definition) is 5. The molecule has 7 heteroatoms. The molecular weight excluding hydrogens is 360 g/mol. The van der Waals surface area contributed by atoms with Crippen LogP contribution >= 0.6 is 11.3 Å². The molecule has 0 aliphatic rings. The Morgan fingerprint density at radius 2 is 1.89 bits per heavy atom. The highest BCUT2D eigenvalue weighted by molar-refractivity contribution is 7.18. The van der Waals surface area contributed by atoms with Crippen LogP contribution in [0, 0.1) is 0 Å². The number of aromatic nitrogens is 2. The van der Waals surface area contributed by atoms with Crippen molar-refractivity contribution in [3.05, 3.63) is 75.4 Å². The number of nitrogens with zero attached hydrogens (tertiary/aromatic N) is 3. The van der Waals surface area contributed by atoms with Crippen LogP contribution in [0.15, 0.2) is 59.4 Å². The summed E-state index contributed by atoms with van der Waals surface area (Å²) in [5, 5.41) is 2.87. The highest BCUT2D eigenvalue weighted by Gasteiger charge is 2.13. The van der Waals surface area contributed by atoms with Crippen LogP contribution in [-0.2, 0) is 6.54 Å². The highest BCUT2D eigenvalue weighted by atomic mass is 32.1. The predicted molar refractivity (Wildman–Crippen MR) is 109 cm³/mol. The molecule has 0 aliphatic carbocycles. The highest BCUT2D eigenvalue weighted by Crippen LogP contribution is 2.19. The molecule has 1 N–H and O–H groups in total. The molecule has 0 saturated carbocycles. The van der Waals surface area contributed by atoms with Crippen molar-refractivity contribution in [2.45, 2.75) is 6.54 Å². The van der Waals surface area contributed by atoms with E-state index in [0.29, 0.717) is 16.4 Å². The fourth-order valence-electron chi connectivity index (χ4n) is 2.88. The van der Waals surface area contributed by atoms with Crippen LogP contribution < -0.4 is 15.8 Å². The molecule has 0 aliphatic heterocycles. The van der Waals surface area contributed by atoms with E-state index in [1.54, 1.807) is 0 Å². The standard InChI is InChI=1S/C20H18N4O2S/c1-23(2)14-9-7-13(8-10-14)12-21-19(26)17-11-18(25)24-16-6-4-3-5-15(16)22-20(24)27-17/h3-11H,12H2,1-2H3,(H,21,26). The summed E-state index contributed by atoms with van der Waals surface area (Å²) in [5.74, 6) is -0.275. The van der Waals surface area contributed by atoms with Crippen LogP contribution in [-0.4, -0.2) is 29.4 Å². The summed E-state index contributed by atoms with van der Waals surface area (Å²) in [6, 6.07) is 16.8. The van der Waals surface area contributed by atoms with Crippen molar-refractivity contribution >= 4 is 38.9 Å².